The van der Waals surface area contributed by atoms with Gasteiger partial charge in [-0.1, -0.05) is 12.1 Å². The summed E-state index contributed by atoms with van der Waals surface area (Å²) in [4.78, 5) is 20.7. The second-order valence-electron chi connectivity index (χ2n) is 3.73. The summed E-state index contributed by atoms with van der Waals surface area (Å²) < 4.78 is 4.90. The monoisotopic (exact) mass is 254 g/mol. The SMILES string of the molecule is COCC(Cc1cccc([N+](=O)[O-])c1)NC(=O)O. The largest absolute Gasteiger partial charge is 0.465 e. The number of rotatable bonds is 6. The highest BCUT2D eigenvalue weighted by molar-refractivity contribution is 5.64. The Labute approximate surface area is 104 Å². The molecule has 7 nitrogen and oxygen atoms in total. The van der Waals surface area contributed by atoms with Gasteiger partial charge in [0.15, 0.2) is 0 Å². The van der Waals surface area contributed by atoms with Crippen LogP contribution in [0.1, 0.15) is 5.56 Å². The van der Waals surface area contributed by atoms with Crippen LogP contribution >= 0.6 is 0 Å². The zero-order valence-corrected chi connectivity index (χ0v) is 9.83. The number of hydrogen-bond acceptors (Lipinski definition) is 4. The van der Waals surface area contributed by atoms with Crippen LogP contribution in [0.4, 0.5) is 10.5 Å². The number of nitrogens with zero attached hydrogens (tertiary/aromatic N) is 1. The number of nitro benzene ring substituents is 1. The molecule has 0 radical (unpaired) electrons. The normalized spacial score (nSPS) is 11.8. The maximum absolute atomic E-state index is 10.6. The Morgan fingerprint density at radius 2 is 2.33 bits per heavy atom. The topological polar surface area (TPSA) is 102 Å². The van der Waals surface area contributed by atoms with Gasteiger partial charge in [0.05, 0.1) is 17.6 Å². The van der Waals surface area contributed by atoms with Gasteiger partial charge in [0, 0.05) is 19.2 Å². The number of benzene rings is 1. The third kappa shape index (κ3) is 4.38. The van der Waals surface area contributed by atoms with E-state index in [1.54, 1.807) is 12.1 Å². The van der Waals surface area contributed by atoms with E-state index in [0.717, 1.165) is 0 Å². The summed E-state index contributed by atoms with van der Waals surface area (Å²) in [5, 5.41) is 21.6. The molecule has 0 aliphatic carbocycles. The van der Waals surface area contributed by atoms with Gasteiger partial charge in [-0.05, 0) is 12.0 Å². The predicted octanol–water partition coefficient (Wildman–Crippen LogP) is 1.42. The molecule has 0 heterocycles. The molecule has 18 heavy (non-hydrogen) atoms. The third-order valence-electron chi connectivity index (χ3n) is 2.30. The van der Waals surface area contributed by atoms with Crippen molar-refractivity contribution in [2.45, 2.75) is 12.5 Å². The van der Waals surface area contributed by atoms with Gasteiger partial charge in [-0.3, -0.25) is 10.1 Å². The number of ether oxygens (including phenoxy) is 1. The summed E-state index contributed by atoms with van der Waals surface area (Å²) in [6.45, 7) is 0.203. The molecule has 1 aromatic rings. The van der Waals surface area contributed by atoms with Crippen molar-refractivity contribution in [2.75, 3.05) is 13.7 Å². The number of nitrogens with one attached hydrogen (secondary N) is 1. The summed E-state index contributed by atoms with van der Waals surface area (Å²) in [5.74, 6) is 0. The Hall–Kier alpha value is -2.15. The van der Waals surface area contributed by atoms with Crippen molar-refractivity contribution in [1.29, 1.82) is 0 Å². The van der Waals surface area contributed by atoms with E-state index in [1.165, 1.54) is 19.2 Å². The van der Waals surface area contributed by atoms with Gasteiger partial charge < -0.3 is 15.2 Å². The maximum atomic E-state index is 10.6. The molecule has 0 bridgehead atoms. The lowest BCUT2D eigenvalue weighted by atomic mass is 10.1. The van der Waals surface area contributed by atoms with Crippen molar-refractivity contribution in [3.8, 4) is 0 Å². The van der Waals surface area contributed by atoms with Gasteiger partial charge in [-0.2, -0.15) is 0 Å². The van der Waals surface area contributed by atoms with Gasteiger partial charge >= 0.3 is 6.09 Å². The first-order chi connectivity index (χ1) is 8.52. The fourth-order valence-corrected chi connectivity index (χ4v) is 1.61. The maximum Gasteiger partial charge on any atom is 0.404 e. The van der Waals surface area contributed by atoms with E-state index in [0.29, 0.717) is 12.0 Å². The van der Waals surface area contributed by atoms with E-state index >= 15 is 0 Å². The molecule has 1 atom stereocenters. The summed E-state index contributed by atoms with van der Waals surface area (Å²) in [6, 6.07) is 5.65. The molecule has 0 aliphatic heterocycles. The molecule has 0 saturated carbocycles. The molecule has 1 unspecified atom stereocenters. The lowest BCUT2D eigenvalue weighted by molar-refractivity contribution is -0.384. The second-order valence-corrected chi connectivity index (χ2v) is 3.73. The Bertz CT molecular complexity index is 435. The molecule has 0 spiro atoms. The van der Waals surface area contributed by atoms with E-state index in [-0.39, 0.29) is 12.3 Å². The Morgan fingerprint density at radius 3 is 2.89 bits per heavy atom. The van der Waals surface area contributed by atoms with E-state index in [9.17, 15) is 14.9 Å². The smallest absolute Gasteiger partial charge is 0.404 e. The summed E-state index contributed by atoms with van der Waals surface area (Å²) in [6.07, 6.45) is -0.815. The molecule has 2 N–H and O–H groups in total. The van der Waals surface area contributed by atoms with Crippen LogP contribution in [0.3, 0.4) is 0 Å². The van der Waals surface area contributed by atoms with Crippen LogP contribution in [0.25, 0.3) is 0 Å². The number of non-ortho nitro benzene ring substituents is 1. The molecule has 1 amide bonds. The zero-order valence-electron chi connectivity index (χ0n) is 9.83. The van der Waals surface area contributed by atoms with Crippen LogP contribution in [-0.4, -0.2) is 35.9 Å². The fraction of sp³-hybridized carbons (Fsp3) is 0.364. The van der Waals surface area contributed by atoms with Crippen molar-refractivity contribution in [1.82, 2.24) is 5.32 Å². The highest BCUT2D eigenvalue weighted by Gasteiger charge is 2.14. The van der Waals surface area contributed by atoms with Crippen LogP contribution in [0.5, 0.6) is 0 Å². The van der Waals surface area contributed by atoms with E-state index in [2.05, 4.69) is 5.32 Å². The molecular formula is C11H14N2O5. The Balaban J connectivity index is 2.76. The first-order valence-electron chi connectivity index (χ1n) is 5.24. The molecular weight excluding hydrogens is 240 g/mol. The number of carboxylic acid groups (broad SMARTS) is 1. The number of nitro groups is 1. The average molecular weight is 254 g/mol. The number of methoxy groups -OCH3 is 1. The van der Waals surface area contributed by atoms with Gasteiger partial charge in [-0.25, -0.2) is 4.79 Å². The fourth-order valence-electron chi connectivity index (χ4n) is 1.61. The first-order valence-corrected chi connectivity index (χ1v) is 5.24. The number of carbonyl (C=O) groups is 1. The Kier molecular flexibility index (Phi) is 5.06. The van der Waals surface area contributed by atoms with Crippen molar-refractivity contribution >= 4 is 11.8 Å². The lowest BCUT2D eigenvalue weighted by Crippen LogP contribution is -2.38. The first kappa shape index (κ1) is 13.9. The van der Waals surface area contributed by atoms with Crippen molar-refractivity contribution < 1.29 is 19.6 Å². The molecule has 98 valence electrons. The van der Waals surface area contributed by atoms with Crippen molar-refractivity contribution in [3.05, 3.63) is 39.9 Å². The summed E-state index contributed by atoms with van der Waals surface area (Å²) in [7, 11) is 1.46. The van der Waals surface area contributed by atoms with Crippen LogP contribution in [0, 0.1) is 10.1 Å². The predicted molar refractivity (Wildman–Crippen MR) is 63.6 cm³/mol. The highest BCUT2D eigenvalue weighted by atomic mass is 16.6. The van der Waals surface area contributed by atoms with Gasteiger partial charge in [0.2, 0.25) is 0 Å². The van der Waals surface area contributed by atoms with Crippen molar-refractivity contribution in [3.63, 3.8) is 0 Å². The average Bonchev–Trinajstić information content (AvgIpc) is 2.28. The molecule has 7 heteroatoms. The lowest BCUT2D eigenvalue weighted by Gasteiger charge is -2.15. The molecule has 0 aliphatic rings. The number of hydrogen-bond donors (Lipinski definition) is 2. The van der Waals surface area contributed by atoms with Gasteiger partial charge in [-0.15, -0.1) is 0 Å². The van der Waals surface area contributed by atoms with E-state index < -0.39 is 17.1 Å². The third-order valence-corrected chi connectivity index (χ3v) is 2.30. The van der Waals surface area contributed by atoms with Crippen LogP contribution in [-0.2, 0) is 11.2 Å². The van der Waals surface area contributed by atoms with Crippen LogP contribution in [0.2, 0.25) is 0 Å². The van der Waals surface area contributed by atoms with Gasteiger partial charge in [0.25, 0.3) is 5.69 Å². The summed E-state index contributed by atoms with van der Waals surface area (Å²) >= 11 is 0. The minimum atomic E-state index is -1.15. The molecule has 1 aromatic carbocycles. The standard InChI is InChI=1S/C11H14N2O5/c1-18-7-9(12-11(14)15)5-8-3-2-4-10(6-8)13(16)17/h2-4,6,9,12H,5,7H2,1H3,(H,14,15). The molecule has 0 saturated heterocycles. The molecule has 0 fully saturated rings. The molecule has 0 aromatic heterocycles. The van der Waals surface area contributed by atoms with E-state index in [4.69, 9.17) is 9.84 Å². The quantitative estimate of drug-likeness (QED) is 0.590. The minimum absolute atomic E-state index is 0.0148. The molecule has 1 rings (SSSR count). The van der Waals surface area contributed by atoms with E-state index in [1.807, 2.05) is 0 Å². The minimum Gasteiger partial charge on any atom is -0.465 e. The highest BCUT2D eigenvalue weighted by Crippen LogP contribution is 2.14. The second kappa shape index (κ2) is 6.55. The zero-order chi connectivity index (χ0) is 13.5. The van der Waals surface area contributed by atoms with Crippen LogP contribution < -0.4 is 5.32 Å². The Morgan fingerprint density at radius 1 is 1.61 bits per heavy atom. The van der Waals surface area contributed by atoms with Crippen molar-refractivity contribution in [2.24, 2.45) is 0 Å². The summed E-state index contributed by atoms with van der Waals surface area (Å²) in [5.41, 5.74) is 0.666. The van der Waals surface area contributed by atoms with Crippen LogP contribution in [0.15, 0.2) is 24.3 Å². The number of amides is 1. The van der Waals surface area contributed by atoms with Gasteiger partial charge in [0.1, 0.15) is 0 Å².